The number of nitrogens with one attached hydrogen (secondary N) is 1. The normalized spacial score (nSPS) is 13.0. The van der Waals surface area contributed by atoms with E-state index in [1.54, 1.807) is 0 Å². The van der Waals surface area contributed by atoms with E-state index in [4.69, 9.17) is 4.74 Å². The molecule has 100 valence electrons. The SMILES string of the molecule is CC#CCOC(CCCNC)SSC(C)(C)C. The van der Waals surface area contributed by atoms with Crippen LogP contribution in [-0.2, 0) is 4.74 Å². The molecule has 1 unspecified atom stereocenters. The zero-order chi connectivity index (χ0) is 13.1. The van der Waals surface area contributed by atoms with Crippen LogP contribution in [-0.4, -0.2) is 30.4 Å². The lowest BCUT2D eigenvalue weighted by Gasteiger charge is -2.21. The Balaban J connectivity index is 3.94. The summed E-state index contributed by atoms with van der Waals surface area (Å²) in [5, 5.41) is 3.16. The molecule has 0 saturated carbocycles. The highest BCUT2D eigenvalue weighted by Gasteiger charge is 2.16. The van der Waals surface area contributed by atoms with Gasteiger partial charge in [-0.2, -0.15) is 0 Å². The van der Waals surface area contributed by atoms with Gasteiger partial charge in [0.25, 0.3) is 0 Å². The van der Waals surface area contributed by atoms with Crippen molar-refractivity contribution in [3.05, 3.63) is 0 Å². The van der Waals surface area contributed by atoms with Crippen molar-refractivity contribution in [2.75, 3.05) is 20.2 Å². The van der Waals surface area contributed by atoms with E-state index in [2.05, 4.69) is 37.9 Å². The molecule has 2 nitrogen and oxygen atoms in total. The van der Waals surface area contributed by atoms with Gasteiger partial charge in [-0.25, -0.2) is 0 Å². The second-order valence-corrected chi connectivity index (χ2v) is 7.89. The van der Waals surface area contributed by atoms with Crippen LogP contribution in [0.2, 0.25) is 0 Å². The predicted octanol–water partition coefficient (Wildman–Crippen LogP) is 3.53. The van der Waals surface area contributed by atoms with Crippen LogP contribution in [0.15, 0.2) is 0 Å². The van der Waals surface area contributed by atoms with E-state index in [1.807, 2.05) is 35.6 Å². The summed E-state index contributed by atoms with van der Waals surface area (Å²) in [6, 6.07) is 0. The molecule has 0 fully saturated rings. The molecule has 4 heteroatoms. The monoisotopic (exact) mass is 275 g/mol. The smallest absolute Gasteiger partial charge is 0.114 e. The Morgan fingerprint density at radius 1 is 1.35 bits per heavy atom. The largest absolute Gasteiger partial charge is 0.354 e. The summed E-state index contributed by atoms with van der Waals surface area (Å²) in [5.74, 6) is 5.82. The first kappa shape index (κ1) is 17.2. The van der Waals surface area contributed by atoms with Crippen LogP contribution in [0.5, 0.6) is 0 Å². The van der Waals surface area contributed by atoms with E-state index < -0.39 is 0 Å². The maximum Gasteiger partial charge on any atom is 0.114 e. The highest BCUT2D eigenvalue weighted by Crippen LogP contribution is 2.39. The van der Waals surface area contributed by atoms with Gasteiger partial charge >= 0.3 is 0 Å². The first-order valence-corrected chi connectivity index (χ1v) is 8.21. The molecular formula is C13H25NOS2. The van der Waals surface area contributed by atoms with Gasteiger partial charge in [0.15, 0.2) is 0 Å². The predicted molar refractivity (Wildman–Crippen MR) is 81.3 cm³/mol. The van der Waals surface area contributed by atoms with Gasteiger partial charge in [-0.3, -0.25) is 0 Å². The third-order valence-corrected chi connectivity index (χ3v) is 5.41. The highest BCUT2D eigenvalue weighted by molar-refractivity contribution is 8.77. The molecule has 0 aliphatic carbocycles. The number of hydrogen-bond donors (Lipinski definition) is 1. The summed E-state index contributed by atoms with van der Waals surface area (Å²) in [4.78, 5) is 0. The van der Waals surface area contributed by atoms with Gasteiger partial charge < -0.3 is 10.1 Å². The summed E-state index contributed by atoms with van der Waals surface area (Å²) < 4.78 is 6.03. The van der Waals surface area contributed by atoms with E-state index >= 15 is 0 Å². The molecule has 0 aromatic rings. The van der Waals surface area contributed by atoms with Crippen molar-refractivity contribution in [1.82, 2.24) is 5.32 Å². The van der Waals surface area contributed by atoms with E-state index in [9.17, 15) is 0 Å². The van der Waals surface area contributed by atoms with Crippen LogP contribution in [0.25, 0.3) is 0 Å². The molecule has 0 radical (unpaired) electrons. The lowest BCUT2D eigenvalue weighted by molar-refractivity contribution is 0.136. The van der Waals surface area contributed by atoms with Crippen molar-refractivity contribution in [3.63, 3.8) is 0 Å². The maximum atomic E-state index is 5.77. The van der Waals surface area contributed by atoms with E-state index in [-0.39, 0.29) is 10.2 Å². The van der Waals surface area contributed by atoms with Crippen molar-refractivity contribution in [1.29, 1.82) is 0 Å². The molecule has 0 spiro atoms. The molecule has 0 aliphatic heterocycles. The standard InChI is InChI=1S/C13H25NOS2/c1-6-7-11-15-12(9-8-10-14-5)16-17-13(2,3)4/h12,14H,8-11H2,1-5H3. The first-order valence-electron chi connectivity index (χ1n) is 6.00. The molecule has 0 aromatic heterocycles. The topological polar surface area (TPSA) is 21.3 Å². The van der Waals surface area contributed by atoms with Gasteiger partial charge in [-0.05, 0) is 33.4 Å². The molecule has 0 aromatic carbocycles. The summed E-state index contributed by atoms with van der Waals surface area (Å²) >= 11 is 0. The van der Waals surface area contributed by atoms with Gasteiger partial charge in [0.1, 0.15) is 12.0 Å². The Labute approximate surface area is 114 Å². The highest BCUT2D eigenvalue weighted by atomic mass is 33.1. The van der Waals surface area contributed by atoms with Crippen LogP contribution in [0.1, 0.15) is 40.5 Å². The fraction of sp³-hybridized carbons (Fsp3) is 0.846. The Morgan fingerprint density at radius 2 is 2.06 bits per heavy atom. The Kier molecular flexibility index (Phi) is 10.2. The molecule has 1 atom stereocenters. The second-order valence-electron chi connectivity index (χ2n) is 4.71. The van der Waals surface area contributed by atoms with Crippen molar-refractivity contribution >= 4 is 21.6 Å². The van der Waals surface area contributed by atoms with Crippen molar-refractivity contribution in [2.24, 2.45) is 0 Å². The lowest BCUT2D eigenvalue weighted by Crippen LogP contribution is -2.15. The van der Waals surface area contributed by atoms with Crippen LogP contribution in [0.4, 0.5) is 0 Å². The van der Waals surface area contributed by atoms with Crippen molar-refractivity contribution in [2.45, 2.75) is 50.7 Å². The maximum absolute atomic E-state index is 5.77. The number of rotatable bonds is 8. The molecule has 0 heterocycles. The summed E-state index contributed by atoms with van der Waals surface area (Å²) in [6.07, 6.45) is 2.21. The van der Waals surface area contributed by atoms with Gasteiger partial charge in [-0.15, -0.1) is 5.92 Å². The van der Waals surface area contributed by atoms with Crippen LogP contribution >= 0.6 is 21.6 Å². The number of hydrogen-bond acceptors (Lipinski definition) is 4. The molecule has 0 aliphatic rings. The molecule has 0 saturated heterocycles. The van der Waals surface area contributed by atoms with Gasteiger partial charge in [-0.1, -0.05) is 48.3 Å². The molecular weight excluding hydrogens is 250 g/mol. The van der Waals surface area contributed by atoms with Crippen molar-refractivity contribution < 1.29 is 4.74 Å². The van der Waals surface area contributed by atoms with Crippen LogP contribution in [0.3, 0.4) is 0 Å². The minimum Gasteiger partial charge on any atom is -0.354 e. The first-order chi connectivity index (χ1) is 7.99. The summed E-state index contributed by atoms with van der Waals surface area (Å²) in [7, 11) is 5.69. The minimum absolute atomic E-state index is 0.244. The third kappa shape index (κ3) is 12.4. The van der Waals surface area contributed by atoms with Gasteiger partial charge in [0.05, 0.1) is 0 Å². The minimum atomic E-state index is 0.244. The second kappa shape index (κ2) is 10.1. The Morgan fingerprint density at radius 3 is 2.59 bits per heavy atom. The Bertz CT molecular complexity index is 240. The molecule has 1 N–H and O–H groups in total. The van der Waals surface area contributed by atoms with E-state index in [0.29, 0.717) is 6.61 Å². The summed E-state index contributed by atoms with van der Waals surface area (Å²) in [6.45, 7) is 10.1. The third-order valence-electron chi connectivity index (χ3n) is 1.79. The van der Waals surface area contributed by atoms with Gasteiger partial charge in [0, 0.05) is 4.75 Å². The van der Waals surface area contributed by atoms with Crippen LogP contribution in [0, 0.1) is 11.8 Å². The zero-order valence-corrected chi connectivity index (χ0v) is 13.3. The average Bonchev–Trinajstić information content (AvgIpc) is 2.24. The molecule has 0 bridgehead atoms. The molecule has 0 amide bonds. The lowest BCUT2D eigenvalue weighted by atomic mass is 10.3. The number of ether oxygens (including phenoxy) is 1. The fourth-order valence-electron chi connectivity index (χ4n) is 1.01. The zero-order valence-electron chi connectivity index (χ0n) is 11.6. The quantitative estimate of drug-likeness (QED) is 0.316. The fourth-order valence-corrected chi connectivity index (χ4v) is 3.44. The van der Waals surface area contributed by atoms with E-state index in [0.717, 1.165) is 19.4 Å². The molecule has 17 heavy (non-hydrogen) atoms. The average molecular weight is 275 g/mol. The van der Waals surface area contributed by atoms with E-state index in [1.165, 1.54) is 0 Å². The van der Waals surface area contributed by atoms with Gasteiger partial charge in [0.2, 0.25) is 0 Å². The van der Waals surface area contributed by atoms with Crippen molar-refractivity contribution in [3.8, 4) is 11.8 Å². The Hall–Kier alpha value is 0.180. The molecule has 0 rings (SSSR count). The van der Waals surface area contributed by atoms with Crippen LogP contribution < -0.4 is 5.32 Å². The summed E-state index contributed by atoms with van der Waals surface area (Å²) in [5.41, 5.74) is 0.244.